The molecule has 5 heteroatoms. The van der Waals surface area contributed by atoms with Gasteiger partial charge in [0, 0.05) is 24.8 Å². The molecule has 112 valence electrons. The Morgan fingerprint density at radius 1 is 1.29 bits per heavy atom. The fraction of sp³-hybridized carbons (Fsp3) is 0.625. The van der Waals surface area contributed by atoms with Crippen LogP contribution >= 0.6 is 0 Å². The lowest BCUT2D eigenvalue weighted by molar-refractivity contribution is 0.397. The third kappa shape index (κ3) is 2.75. The molecular weight excluding hydrogens is 262 g/mol. The summed E-state index contributed by atoms with van der Waals surface area (Å²) in [6, 6.07) is 5.38. The summed E-state index contributed by atoms with van der Waals surface area (Å²) in [5.41, 5.74) is 2.16. The Hall–Kier alpha value is -1.62. The van der Waals surface area contributed by atoms with Crippen LogP contribution in [0.2, 0.25) is 0 Å². The first-order valence-corrected chi connectivity index (χ1v) is 8.13. The van der Waals surface area contributed by atoms with E-state index in [1.807, 2.05) is 4.52 Å². The maximum Gasteiger partial charge on any atom is 0.245 e. The first-order valence-electron chi connectivity index (χ1n) is 8.13. The Labute approximate surface area is 125 Å². The zero-order chi connectivity index (χ0) is 14.2. The van der Waals surface area contributed by atoms with Crippen molar-refractivity contribution in [1.82, 2.24) is 19.9 Å². The molecule has 3 heterocycles. The van der Waals surface area contributed by atoms with Gasteiger partial charge in [-0.2, -0.15) is 4.98 Å². The second-order valence-corrected chi connectivity index (χ2v) is 6.45. The standard InChI is InChI=1S/C16H23N5/c1-12-5-8-15-18-16(19-21(15)10-12)20(14-6-7-14)11-13-4-2-3-9-17-13/h5,8,10,13-14,17H,2-4,6-7,9,11H2,1H3. The summed E-state index contributed by atoms with van der Waals surface area (Å²) in [5, 5.41) is 8.35. The number of piperidine rings is 1. The molecule has 2 aromatic heterocycles. The van der Waals surface area contributed by atoms with Crippen molar-refractivity contribution in [2.24, 2.45) is 0 Å². The van der Waals surface area contributed by atoms with Crippen molar-refractivity contribution < 1.29 is 0 Å². The molecule has 5 nitrogen and oxygen atoms in total. The summed E-state index contributed by atoms with van der Waals surface area (Å²) >= 11 is 0. The number of nitrogens with one attached hydrogen (secondary N) is 1. The van der Waals surface area contributed by atoms with Crippen LogP contribution in [0, 0.1) is 6.92 Å². The van der Waals surface area contributed by atoms with E-state index >= 15 is 0 Å². The minimum Gasteiger partial charge on any atom is -0.335 e. The van der Waals surface area contributed by atoms with Crippen LogP contribution in [0.15, 0.2) is 18.3 Å². The lowest BCUT2D eigenvalue weighted by Crippen LogP contribution is -2.45. The predicted octanol–water partition coefficient (Wildman–Crippen LogP) is 2.15. The molecule has 21 heavy (non-hydrogen) atoms. The first kappa shape index (κ1) is 13.1. The molecule has 1 aliphatic heterocycles. The molecule has 0 aromatic carbocycles. The van der Waals surface area contributed by atoms with Gasteiger partial charge in [0.15, 0.2) is 5.65 Å². The molecule has 0 spiro atoms. The molecule has 0 radical (unpaired) electrons. The van der Waals surface area contributed by atoms with Gasteiger partial charge in [0.25, 0.3) is 0 Å². The van der Waals surface area contributed by atoms with Crippen LogP contribution in [0.1, 0.15) is 37.7 Å². The minimum atomic E-state index is 0.590. The number of aryl methyl sites for hydroxylation is 1. The molecule has 2 aliphatic rings. The Morgan fingerprint density at radius 3 is 2.95 bits per heavy atom. The third-order valence-electron chi connectivity index (χ3n) is 4.54. The summed E-state index contributed by atoms with van der Waals surface area (Å²) in [6.07, 6.45) is 8.54. The van der Waals surface area contributed by atoms with Gasteiger partial charge >= 0.3 is 0 Å². The molecule has 1 saturated heterocycles. The van der Waals surface area contributed by atoms with Crippen LogP contribution in [-0.2, 0) is 0 Å². The van der Waals surface area contributed by atoms with E-state index in [2.05, 4.69) is 35.5 Å². The number of anilines is 1. The molecule has 2 aromatic rings. The Balaban J connectivity index is 1.59. The van der Waals surface area contributed by atoms with Gasteiger partial charge in [-0.3, -0.25) is 0 Å². The van der Waals surface area contributed by atoms with Gasteiger partial charge in [-0.05, 0) is 50.8 Å². The molecule has 1 aliphatic carbocycles. The lowest BCUT2D eigenvalue weighted by atomic mass is 10.0. The summed E-state index contributed by atoms with van der Waals surface area (Å²) in [5.74, 6) is 0.899. The van der Waals surface area contributed by atoms with Crippen molar-refractivity contribution in [2.75, 3.05) is 18.0 Å². The zero-order valence-electron chi connectivity index (χ0n) is 12.6. The van der Waals surface area contributed by atoms with E-state index in [0.29, 0.717) is 12.1 Å². The van der Waals surface area contributed by atoms with Crippen LogP contribution < -0.4 is 10.2 Å². The number of rotatable bonds is 4. The molecule has 2 fully saturated rings. The quantitative estimate of drug-likeness (QED) is 0.935. The van der Waals surface area contributed by atoms with Crippen LogP contribution in [0.25, 0.3) is 5.65 Å². The number of nitrogens with zero attached hydrogens (tertiary/aromatic N) is 4. The normalized spacial score (nSPS) is 22.6. The Morgan fingerprint density at radius 2 is 2.19 bits per heavy atom. The summed E-state index contributed by atoms with van der Waals surface area (Å²) in [7, 11) is 0. The van der Waals surface area contributed by atoms with E-state index in [1.165, 1.54) is 37.7 Å². The van der Waals surface area contributed by atoms with E-state index < -0.39 is 0 Å². The SMILES string of the molecule is Cc1ccc2nc(N(CC3CCCCN3)C3CC3)nn2c1. The summed E-state index contributed by atoms with van der Waals surface area (Å²) in [6.45, 7) is 4.28. The highest BCUT2D eigenvalue weighted by Crippen LogP contribution is 2.30. The molecular formula is C16H23N5. The van der Waals surface area contributed by atoms with Crippen LogP contribution in [-0.4, -0.2) is 39.8 Å². The van der Waals surface area contributed by atoms with E-state index in [9.17, 15) is 0 Å². The van der Waals surface area contributed by atoms with Crippen molar-refractivity contribution in [3.8, 4) is 0 Å². The average Bonchev–Trinajstić information content (AvgIpc) is 3.25. The summed E-state index contributed by atoms with van der Waals surface area (Å²) in [4.78, 5) is 7.15. The van der Waals surface area contributed by atoms with E-state index in [1.54, 1.807) is 0 Å². The van der Waals surface area contributed by atoms with Crippen LogP contribution in [0.3, 0.4) is 0 Å². The highest BCUT2D eigenvalue weighted by Gasteiger charge is 2.33. The second-order valence-electron chi connectivity index (χ2n) is 6.45. The van der Waals surface area contributed by atoms with Crippen LogP contribution in [0.4, 0.5) is 5.95 Å². The van der Waals surface area contributed by atoms with Gasteiger partial charge in [-0.25, -0.2) is 4.52 Å². The number of hydrogen-bond donors (Lipinski definition) is 1. The van der Waals surface area contributed by atoms with Crippen LogP contribution in [0.5, 0.6) is 0 Å². The largest absolute Gasteiger partial charge is 0.335 e. The molecule has 1 N–H and O–H groups in total. The monoisotopic (exact) mass is 285 g/mol. The number of hydrogen-bond acceptors (Lipinski definition) is 4. The second kappa shape index (κ2) is 5.30. The minimum absolute atomic E-state index is 0.590. The maximum absolute atomic E-state index is 4.73. The average molecular weight is 285 g/mol. The van der Waals surface area contributed by atoms with Gasteiger partial charge < -0.3 is 10.2 Å². The van der Waals surface area contributed by atoms with Gasteiger partial charge in [0.2, 0.25) is 5.95 Å². The molecule has 1 unspecified atom stereocenters. The van der Waals surface area contributed by atoms with Crippen molar-refractivity contribution in [2.45, 2.75) is 51.1 Å². The van der Waals surface area contributed by atoms with Crippen molar-refractivity contribution >= 4 is 11.6 Å². The topological polar surface area (TPSA) is 45.5 Å². The number of pyridine rings is 1. The Kier molecular flexibility index (Phi) is 3.30. The lowest BCUT2D eigenvalue weighted by Gasteiger charge is -2.30. The fourth-order valence-electron chi connectivity index (χ4n) is 3.19. The molecule has 0 bridgehead atoms. The fourth-order valence-corrected chi connectivity index (χ4v) is 3.19. The molecule has 1 saturated carbocycles. The molecule has 4 rings (SSSR count). The van der Waals surface area contributed by atoms with Gasteiger partial charge in [-0.15, -0.1) is 5.10 Å². The third-order valence-corrected chi connectivity index (χ3v) is 4.54. The zero-order valence-corrected chi connectivity index (χ0v) is 12.6. The van der Waals surface area contributed by atoms with Crippen molar-refractivity contribution in [3.63, 3.8) is 0 Å². The summed E-state index contributed by atoms with van der Waals surface area (Å²) < 4.78 is 1.91. The molecule has 1 atom stereocenters. The number of aromatic nitrogens is 3. The van der Waals surface area contributed by atoms with E-state index in [-0.39, 0.29) is 0 Å². The highest BCUT2D eigenvalue weighted by molar-refractivity contribution is 5.46. The smallest absolute Gasteiger partial charge is 0.245 e. The van der Waals surface area contributed by atoms with Gasteiger partial charge in [-0.1, -0.05) is 12.5 Å². The maximum atomic E-state index is 4.73. The Bertz CT molecular complexity index is 625. The van der Waals surface area contributed by atoms with Gasteiger partial charge in [0.1, 0.15) is 0 Å². The highest BCUT2D eigenvalue weighted by atomic mass is 15.4. The van der Waals surface area contributed by atoms with Crippen molar-refractivity contribution in [3.05, 3.63) is 23.9 Å². The van der Waals surface area contributed by atoms with E-state index in [4.69, 9.17) is 10.1 Å². The number of fused-ring (bicyclic) bond motifs is 1. The van der Waals surface area contributed by atoms with Crippen molar-refractivity contribution in [1.29, 1.82) is 0 Å². The molecule has 0 amide bonds. The first-order chi connectivity index (χ1) is 10.3. The predicted molar refractivity (Wildman–Crippen MR) is 83.7 cm³/mol. The van der Waals surface area contributed by atoms with Gasteiger partial charge in [0.05, 0.1) is 0 Å². The van der Waals surface area contributed by atoms with E-state index in [0.717, 1.165) is 24.7 Å².